The van der Waals surface area contributed by atoms with Crippen molar-refractivity contribution in [2.45, 2.75) is 39.8 Å². The predicted octanol–water partition coefficient (Wildman–Crippen LogP) is 1.55. The van der Waals surface area contributed by atoms with E-state index in [0.29, 0.717) is 0 Å². The Morgan fingerprint density at radius 3 is 2.65 bits per heavy atom. The van der Waals surface area contributed by atoms with Crippen LogP contribution in [0.15, 0.2) is 18.3 Å². The molecule has 0 spiro atoms. The highest BCUT2D eigenvalue weighted by Gasteiger charge is 2.23. The van der Waals surface area contributed by atoms with Crippen molar-refractivity contribution in [3.63, 3.8) is 0 Å². The number of urea groups is 1. The molecule has 0 fully saturated rings. The second kappa shape index (κ2) is 7.47. The number of nitrogens with zero attached hydrogens (tertiary/aromatic N) is 1. The minimum atomic E-state index is -1.04. The van der Waals surface area contributed by atoms with Crippen molar-refractivity contribution >= 4 is 12.0 Å². The molecule has 6 nitrogen and oxygen atoms in total. The molecule has 0 aliphatic rings. The number of hydrogen-bond donors (Lipinski definition) is 3. The summed E-state index contributed by atoms with van der Waals surface area (Å²) in [6.07, 6.45) is 2.50. The molecule has 110 valence electrons. The van der Waals surface area contributed by atoms with Gasteiger partial charge in [0, 0.05) is 6.20 Å². The largest absolute Gasteiger partial charge is 0.480 e. The Hall–Kier alpha value is -2.11. The number of carboxylic acid groups (broad SMARTS) is 1. The molecule has 1 aromatic heterocycles. The van der Waals surface area contributed by atoms with Gasteiger partial charge in [-0.2, -0.15) is 0 Å². The highest BCUT2D eigenvalue weighted by molar-refractivity contribution is 5.82. The number of carbonyl (C=O) groups is 2. The first kappa shape index (κ1) is 15.9. The first-order valence-electron chi connectivity index (χ1n) is 6.65. The summed E-state index contributed by atoms with van der Waals surface area (Å²) in [5.41, 5.74) is 1.85. The molecule has 0 saturated carbocycles. The van der Waals surface area contributed by atoms with Crippen molar-refractivity contribution in [3.05, 3.63) is 29.6 Å². The fourth-order valence-electron chi connectivity index (χ4n) is 1.82. The van der Waals surface area contributed by atoms with E-state index in [-0.39, 0.29) is 12.5 Å². The summed E-state index contributed by atoms with van der Waals surface area (Å²) in [5, 5.41) is 14.1. The molecule has 0 bridgehead atoms. The van der Waals surface area contributed by atoms with Gasteiger partial charge in [-0.25, -0.2) is 9.59 Å². The van der Waals surface area contributed by atoms with Crippen LogP contribution >= 0.6 is 0 Å². The molecule has 1 rings (SSSR count). The van der Waals surface area contributed by atoms with Gasteiger partial charge < -0.3 is 15.7 Å². The third-order valence-corrected chi connectivity index (χ3v) is 3.00. The van der Waals surface area contributed by atoms with Gasteiger partial charge in [0.1, 0.15) is 6.04 Å². The third-order valence-electron chi connectivity index (χ3n) is 3.00. The van der Waals surface area contributed by atoms with Gasteiger partial charge in [-0.3, -0.25) is 4.98 Å². The lowest BCUT2D eigenvalue weighted by molar-refractivity contribution is -0.140. The van der Waals surface area contributed by atoms with Gasteiger partial charge in [0.15, 0.2) is 0 Å². The summed E-state index contributed by atoms with van der Waals surface area (Å²) in [6, 6.07) is 2.40. The fraction of sp³-hybridized carbons (Fsp3) is 0.500. The Kier molecular flexibility index (Phi) is 5.96. The fourth-order valence-corrected chi connectivity index (χ4v) is 1.82. The highest BCUT2D eigenvalue weighted by Crippen LogP contribution is 2.06. The molecule has 0 aromatic carbocycles. The van der Waals surface area contributed by atoms with Gasteiger partial charge in [0.2, 0.25) is 0 Å². The Morgan fingerprint density at radius 1 is 1.40 bits per heavy atom. The Balaban J connectivity index is 2.57. The molecule has 0 aliphatic heterocycles. The Morgan fingerprint density at radius 2 is 2.10 bits per heavy atom. The number of aryl methyl sites for hydroxylation is 1. The molecule has 1 atom stereocenters. The zero-order valence-electron chi connectivity index (χ0n) is 12.0. The van der Waals surface area contributed by atoms with Crippen molar-refractivity contribution in [2.24, 2.45) is 5.92 Å². The second-order valence-electron chi connectivity index (χ2n) is 4.85. The minimum Gasteiger partial charge on any atom is -0.480 e. The number of carbonyl (C=O) groups excluding carboxylic acids is 1. The van der Waals surface area contributed by atoms with Crippen LogP contribution in [0.2, 0.25) is 0 Å². The molecule has 1 heterocycles. The van der Waals surface area contributed by atoms with Crippen LogP contribution in [0.3, 0.4) is 0 Å². The zero-order chi connectivity index (χ0) is 15.1. The normalized spacial score (nSPS) is 12.0. The smallest absolute Gasteiger partial charge is 0.326 e. The van der Waals surface area contributed by atoms with Crippen molar-refractivity contribution in [1.29, 1.82) is 0 Å². The number of nitrogens with one attached hydrogen (secondary N) is 2. The van der Waals surface area contributed by atoms with E-state index in [1.54, 1.807) is 20.0 Å². The number of aromatic nitrogens is 1. The van der Waals surface area contributed by atoms with Gasteiger partial charge in [0.05, 0.1) is 12.2 Å². The third kappa shape index (κ3) is 4.53. The number of hydrogen-bond acceptors (Lipinski definition) is 3. The van der Waals surface area contributed by atoms with Crippen LogP contribution in [-0.4, -0.2) is 28.1 Å². The van der Waals surface area contributed by atoms with E-state index >= 15 is 0 Å². The van der Waals surface area contributed by atoms with Crippen LogP contribution in [-0.2, 0) is 17.8 Å². The van der Waals surface area contributed by atoms with Gasteiger partial charge >= 0.3 is 12.0 Å². The molecule has 0 saturated heterocycles. The number of aliphatic carboxylic acids is 1. The lowest BCUT2D eigenvalue weighted by atomic mass is 10.1. The van der Waals surface area contributed by atoms with E-state index in [2.05, 4.69) is 15.6 Å². The van der Waals surface area contributed by atoms with Crippen LogP contribution in [0.25, 0.3) is 0 Å². The minimum absolute atomic E-state index is 0.181. The van der Waals surface area contributed by atoms with Crippen molar-refractivity contribution in [3.8, 4) is 0 Å². The molecular formula is C14H21N3O3. The molecule has 0 radical (unpaired) electrons. The maximum Gasteiger partial charge on any atom is 0.326 e. The van der Waals surface area contributed by atoms with E-state index in [0.717, 1.165) is 17.7 Å². The second-order valence-corrected chi connectivity index (χ2v) is 4.85. The van der Waals surface area contributed by atoms with Crippen LogP contribution in [0.1, 0.15) is 32.0 Å². The van der Waals surface area contributed by atoms with E-state index in [1.165, 1.54) is 0 Å². The van der Waals surface area contributed by atoms with E-state index in [4.69, 9.17) is 5.11 Å². The van der Waals surface area contributed by atoms with E-state index in [9.17, 15) is 9.59 Å². The predicted molar refractivity (Wildman–Crippen MR) is 75.2 cm³/mol. The molecule has 6 heteroatoms. The standard InChI is InChI=1S/C14H21N3O3/c1-4-10-6-5-7-15-11(10)8-16-14(20)17-12(9(2)3)13(18)19/h5-7,9,12H,4,8H2,1-3H3,(H,18,19)(H2,16,17,20). The quantitative estimate of drug-likeness (QED) is 0.737. The number of amides is 2. The van der Waals surface area contributed by atoms with Gasteiger partial charge in [-0.15, -0.1) is 0 Å². The van der Waals surface area contributed by atoms with Crippen molar-refractivity contribution < 1.29 is 14.7 Å². The van der Waals surface area contributed by atoms with Crippen LogP contribution in [0.5, 0.6) is 0 Å². The Labute approximate surface area is 118 Å². The first-order chi connectivity index (χ1) is 9.45. The number of carboxylic acids is 1. The zero-order valence-corrected chi connectivity index (χ0v) is 12.0. The van der Waals surface area contributed by atoms with Crippen LogP contribution < -0.4 is 10.6 Å². The summed E-state index contributed by atoms with van der Waals surface area (Å²) < 4.78 is 0. The van der Waals surface area contributed by atoms with E-state index < -0.39 is 18.0 Å². The van der Waals surface area contributed by atoms with Gasteiger partial charge in [0.25, 0.3) is 0 Å². The Bertz CT molecular complexity index is 474. The molecule has 1 unspecified atom stereocenters. The maximum absolute atomic E-state index is 11.7. The monoisotopic (exact) mass is 279 g/mol. The van der Waals surface area contributed by atoms with Crippen molar-refractivity contribution in [1.82, 2.24) is 15.6 Å². The molecule has 2 amide bonds. The highest BCUT2D eigenvalue weighted by atomic mass is 16.4. The summed E-state index contributed by atoms with van der Waals surface area (Å²) in [6.45, 7) is 5.78. The summed E-state index contributed by atoms with van der Waals surface area (Å²) in [5.74, 6) is -1.22. The van der Waals surface area contributed by atoms with Crippen LogP contribution in [0.4, 0.5) is 4.79 Å². The van der Waals surface area contributed by atoms with E-state index in [1.807, 2.05) is 19.1 Å². The average Bonchev–Trinajstić information content (AvgIpc) is 2.42. The van der Waals surface area contributed by atoms with Crippen molar-refractivity contribution in [2.75, 3.05) is 0 Å². The van der Waals surface area contributed by atoms with Gasteiger partial charge in [-0.1, -0.05) is 26.8 Å². The number of rotatable bonds is 6. The van der Waals surface area contributed by atoms with Gasteiger partial charge in [-0.05, 0) is 24.0 Å². The first-order valence-corrected chi connectivity index (χ1v) is 6.65. The molecule has 20 heavy (non-hydrogen) atoms. The topological polar surface area (TPSA) is 91.3 Å². The number of pyridine rings is 1. The summed E-state index contributed by atoms with van der Waals surface area (Å²) >= 11 is 0. The maximum atomic E-state index is 11.7. The average molecular weight is 279 g/mol. The lowest BCUT2D eigenvalue weighted by Gasteiger charge is -2.18. The SMILES string of the molecule is CCc1cccnc1CNC(=O)NC(C(=O)O)C(C)C. The summed E-state index contributed by atoms with van der Waals surface area (Å²) in [4.78, 5) is 26.9. The van der Waals surface area contributed by atoms with Crippen LogP contribution in [0, 0.1) is 5.92 Å². The molecule has 1 aromatic rings. The molecular weight excluding hydrogens is 258 g/mol. The molecule has 3 N–H and O–H groups in total. The summed E-state index contributed by atoms with van der Waals surface area (Å²) in [7, 11) is 0. The molecule has 0 aliphatic carbocycles. The lowest BCUT2D eigenvalue weighted by Crippen LogP contribution is -2.48.